The molecule has 0 saturated heterocycles. The second kappa shape index (κ2) is 7.80. The summed E-state index contributed by atoms with van der Waals surface area (Å²) in [5, 5.41) is 6.38. The number of aromatic nitrogens is 2. The van der Waals surface area contributed by atoms with E-state index in [1.807, 2.05) is 18.2 Å². The van der Waals surface area contributed by atoms with E-state index in [9.17, 15) is 0 Å². The summed E-state index contributed by atoms with van der Waals surface area (Å²) in [6, 6.07) is 8.07. The molecule has 0 aliphatic rings. The van der Waals surface area contributed by atoms with E-state index in [1.54, 1.807) is 0 Å². The number of halogens is 3. The molecule has 114 valence electrons. The zero-order valence-corrected chi connectivity index (χ0v) is 16.2. The lowest BCUT2D eigenvalue weighted by Crippen LogP contribution is -2.11. The Morgan fingerprint density at radius 3 is 2.57 bits per heavy atom. The van der Waals surface area contributed by atoms with Gasteiger partial charge in [0, 0.05) is 22.8 Å². The van der Waals surface area contributed by atoms with Gasteiger partial charge in [-0.15, -0.1) is 0 Å². The fourth-order valence-corrected chi connectivity index (χ4v) is 4.09. The molecule has 1 heterocycles. The van der Waals surface area contributed by atoms with Crippen LogP contribution < -0.4 is 0 Å². The van der Waals surface area contributed by atoms with Gasteiger partial charge in [-0.3, -0.25) is 4.68 Å². The maximum atomic E-state index is 6.35. The van der Waals surface area contributed by atoms with E-state index in [0.717, 1.165) is 39.9 Å². The molecule has 2 nitrogen and oxygen atoms in total. The molecule has 2 aromatic rings. The Bertz CT molecular complexity index is 610. The third-order valence-electron chi connectivity index (χ3n) is 3.67. The number of alkyl halides is 1. The van der Waals surface area contributed by atoms with E-state index >= 15 is 0 Å². The Kier molecular flexibility index (Phi) is 6.33. The molecule has 0 N–H and O–H groups in total. The number of hydrogen-bond donors (Lipinski definition) is 0. The molecule has 0 saturated carbocycles. The van der Waals surface area contributed by atoms with Gasteiger partial charge in [-0.2, -0.15) is 5.10 Å². The van der Waals surface area contributed by atoms with E-state index in [4.69, 9.17) is 11.6 Å². The highest BCUT2D eigenvalue weighted by atomic mass is 79.9. The minimum atomic E-state index is 0.335. The second-order valence-electron chi connectivity index (χ2n) is 4.95. The van der Waals surface area contributed by atoms with Crippen molar-refractivity contribution in [2.24, 2.45) is 0 Å². The molecular formula is C16H19Br2ClN2. The molecule has 0 amide bonds. The SMILES string of the molecule is CCc1nn(CC)c(CC(CBr)c2ccccc2Cl)c1Br. The van der Waals surface area contributed by atoms with Gasteiger partial charge in [-0.1, -0.05) is 52.7 Å². The monoisotopic (exact) mass is 432 g/mol. The standard InChI is InChI=1S/C16H19Br2ClN2/c1-3-14-16(18)15(21(4-2)20-14)9-11(10-17)12-7-5-6-8-13(12)19/h5-8,11H,3-4,9-10H2,1-2H3. The van der Waals surface area contributed by atoms with Crippen LogP contribution >= 0.6 is 43.5 Å². The molecule has 1 unspecified atom stereocenters. The Labute approximate surface area is 148 Å². The lowest BCUT2D eigenvalue weighted by atomic mass is 9.96. The highest BCUT2D eigenvalue weighted by Crippen LogP contribution is 2.32. The highest BCUT2D eigenvalue weighted by Gasteiger charge is 2.20. The number of aryl methyl sites for hydroxylation is 2. The van der Waals surface area contributed by atoms with Gasteiger partial charge in [0.05, 0.1) is 15.9 Å². The van der Waals surface area contributed by atoms with Crippen LogP contribution in [0.2, 0.25) is 5.02 Å². The number of rotatable bonds is 6. The summed E-state index contributed by atoms with van der Waals surface area (Å²) in [5.74, 6) is 0.335. The van der Waals surface area contributed by atoms with Crippen LogP contribution in [0.3, 0.4) is 0 Å². The summed E-state index contributed by atoms with van der Waals surface area (Å²) < 4.78 is 3.24. The summed E-state index contributed by atoms with van der Waals surface area (Å²) in [6.45, 7) is 5.14. The van der Waals surface area contributed by atoms with Crippen molar-refractivity contribution in [3.63, 3.8) is 0 Å². The van der Waals surface area contributed by atoms with Crippen LogP contribution in [0.15, 0.2) is 28.7 Å². The average Bonchev–Trinajstić information content (AvgIpc) is 2.81. The molecule has 0 fully saturated rings. The third-order valence-corrected chi connectivity index (χ3v) is 5.71. The van der Waals surface area contributed by atoms with Crippen molar-refractivity contribution in [2.75, 3.05) is 5.33 Å². The van der Waals surface area contributed by atoms with Crippen LogP contribution in [0.4, 0.5) is 0 Å². The highest BCUT2D eigenvalue weighted by molar-refractivity contribution is 9.10. The molecule has 1 aromatic heterocycles. The van der Waals surface area contributed by atoms with Crippen LogP contribution in [-0.4, -0.2) is 15.1 Å². The normalized spacial score (nSPS) is 12.6. The van der Waals surface area contributed by atoms with Gasteiger partial charge in [-0.25, -0.2) is 0 Å². The Morgan fingerprint density at radius 2 is 2.00 bits per heavy atom. The predicted molar refractivity (Wildman–Crippen MR) is 96.7 cm³/mol. The zero-order valence-electron chi connectivity index (χ0n) is 12.2. The fourth-order valence-electron chi connectivity index (χ4n) is 2.50. The number of hydrogen-bond acceptors (Lipinski definition) is 1. The van der Waals surface area contributed by atoms with Gasteiger partial charge < -0.3 is 0 Å². The molecule has 0 aliphatic heterocycles. The minimum Gasteiger partial charge on any atom is -0.268 e. The molecule has 1 aromatic carbocycles. The van der Waals surface area contributed by atoms with Gasteiger partial charge >= 0.3 is 0 Å². The first-order valence-electron chi connectivity index (χ1n) is 7.16. The molecule has 0 radical (unpaired) electrons. The largest absolute Gasteiger partial charge is 0.268 e. The lowest BCUT2D eigenvalue weighted by molar-refractivity contribution is 0.594. The van der Waals surface area contributed by atoms with Crippen molar-refractivity contribution in [1.82, 2.24) is 9.78 Å². The van der Waals surface area contributed by atoms with Crippen LogP contribution in [0.25, 0.3) is 0 Å². The molecule has 0 aliphatic carbocycles. The predicted octanol–water partition coefficient (Wildman–Crippen LogP) is 5.60. The summed E-state index contributed by atoms with van der Waals surface area (Å²) >= 11 is 13.7. The van der Waals surface area contributed by atoms with Gasteiger partial charge in [0.15, 0.2) is 0 Å². The Hall–Kier alpha value is -0.320. The molecule has 5 heteroatoms. The van der Waals surface area contributed by atoms with Gasteiger partial charge in [0.1, 0.15) is 0 Å². The maximum Gasteiger partial charge on any atom is 0.0766 e. The lowest BCUT2D eigenvalue weighted by Gasteiger charge is -2.17. The summed E-state index contributed by atoms with van der Waals surface area (Å²) in [4.78, 5) is 0. The van der Waals surface area contributed by atoms with Crippen LogP contribution in [0.5, 0.6) is 0 Å². The first-order chi connectivity index (χ1) is 10.1. The average molecular weight is 435 g/mol. The number of benzene rings is 1. The van der Waals surface area contributed by atoms with E-state index in [1.165, 1.54) is 11.3 Å². The third kappa shape index (κ3) is 3.72. The van der Waals surface area contributed by atoms with Crippen LogP contribution in [0.1, 0.15) is 36.7 Å². The van der Waals surface area contributed by atoms with Crippen molar-refractivity contribution in [1.29, 1.82) is 0 Å². The summed E-state index contributed by atoms with van der Waals surface area (Å²) in [7, 11) is 0. The fraction of sp³-hybridized carbons (Fsp3) is 0.438. The molecule has 21 heavy (non-hydrogen) atoms. The van der Waals surface area contributed by atoms with Crippen LogP contribution in [0, 0.1) is 0 Å². The number of nitrogens with zero attached hydrogens (tertiary/aromatic N) is 2. The first kappa shape index (κ1) is 17.0. The van der Waals surface area contributed by atoms with E-state index in [2.05, 4.69) is 61.6 Å². The summed E-state index contributed by atoms with van der Waals surface area (Å²) in [6.07, 6.45) is 1.85. The topological polar surface area (TPSA) is 17.8 Å². The molecule has 0 bridgehead atoms. The van der Waals surface area contributed by atoms with Gasteiger partial charge in [-0.05, 0) is 47.3 Å². The Morgan fingerprint density at radius 1 is 1.29 bits per heavy atom. The first-order valence-corrected chi connectivity index (χ1v) is 9.45. The second-order valence-corrected chi connectivity index (χ2v) is 6.80. The van der Waals surface area contributed by atoms with Crippen molar-refractivity contribution in [3.8, 4) is 0 Å². The van der Waals surface area contributed by atoms with Crippen LogP contribution in [-0.2, 0) is 19.4 Å². The quantitative estimate of drug-likeness (QED) is 0.541. The van der Waals surface area contributed by atoms with Crippen molar-refractivity contribution in [2.45, 2.75) is 39.2 Å². The smallest absolute Gasteiger partial charge is 0.0766 e. The molecule has 2 rings (SSSR count). The molecular weight excluding hydrogens is 415 g/mol. The minimum absolute atomic E-state index is 0.335. The van der Waals surface area contributed by atoms with Gasteiger partial charge in [0.2, 0.25) is 0 Å². The maximum absolute atomic E-state index is 6.35. The van der Waals surface area contributed by atoms with Crippen molar-refractivity contribution >= 4 is 43.5 Å². The van der Waals surface area contributed by atoms with E-state index in [0.29, 0.717) is 5.92 Å². The Balaban J connectivity index is 2.35. The van der Waals surface area contributed by atoms with Gasteiger partial charge in [0.25, 0.3) is 0 Å². The molecule has 0 spiro atoms. The van der Waals surface area contributed by atoms with E-state index in [-0.39, 0.29) is 0 Å². The summed E-state index contributed by atoms with van der Waals surface area (Å²) in [5.41, 5.74) is 3.56. The zero-order chi connectivity index (χ0) is 15.4. The van der Waals surface area contributed by atoms with Crippen molar-refractivity contribution < 1.29 is 0 Å². The molecule has 1 atom stereocenters. The van der Waals surface area contributed by atoms with Crippen molar-refractivity contribution in [3.05, 3.63) is 50.7 Å². The van der Waals surface area contributed by atoms with E-state index < -0.39 is 0 Å².